The van der Waals surface area contributed by atoms with Gasteiger partial charge in [-0.15, -0.1) is 0 Å². The van der Waals surface area contributed by atoms with Crippen LogP contribution in [0.2, 0.25) is 0 Å². The van der Waals surface area contributed by atoms with Crippen LogP contribution in [-0.4, -0.2) is 23.0 Å². The Kier molecular flexibility index (Phi) is 4.10. The molecule has 0 aliphatic heterocycles. The summed E-state index contributed by atoms with van der Waals surface area (Å²) in [5, 5.41) is 11.2. The van der Waals surface area contributed by atoms with E-state index in [2.05, 4.69) is 5.32 Å². The highest BCUT2D eigenvalue weighted by molar-refractivity contribution is 5.95. The monoisotopic (exact) mass is 225 g/mol. The topological polar surface area (TPSA) is 79.5 Å². The standard InChI is InChI=1S/C11H15NO4/c1-7(3-4-10(13)14)12-11(15)9-5-6-16-8(9)2/h5-7H,3-4H2,1-2H3,(H,12,15)(H,13,14)/t7-/m0/s1. The lowest BCUT2D eigenvalue weighted by Crippen LogP contribution is -2.33. The van der Waals surface area contributed by atoms with Crippen molar-refractivity contribution in [2.24, 2.45) is 0 Å². The molecule has 2 N–H and O–H groups in total. The van der Waals surface area contributed by atoms with Crippen LogP contribution in [0.3, 0.4) is 0 Å². The first kappa shape index (κ1) is 12.3. The second-order valence-corrected chi connectivity index (χ2v) is 3.70. The van der Waals surface area contributed by atoms with Crippen molar-refractivity contribution < 1.29 is 19.1 Å². The average Bonchev–Trinajstić information content (AvgIpc) is 2.61. The molecule has 0 aliphatic carbocycles. The summed E-state index contributed by atoms with van der Waals surface area (Å²) in [6, 6.07) is 1.42. The highest BCUT2D eigenvalue weighted by Crippen LogP contribution is 2.09. The number of rotatable bonds is 5. The summed E-state index contributed by atoms with van der Waals surface area (Å²) >= 11 is 0. The Labute approximate surface area is 93.4 Å². The number of aliphatic carboxylic acids is 1. The van der Waals surface area contributed by atoms with Crippen molar-refractivity contribution in [1.29, 1.82) is 0 Å². The number of amides is 1. The first-order chi connectivity index (χ1) is 7.50. The van der Waals surface area contributed by atoms with Crippen LogP contribution in [0, 0.1) is 6.92 Å². The van der Waals surface area contributed by atoms with Crippen molar-refractivity contribution in [3.8, 4) is 0 Å². The number of nitrogens with one attached hydrogen (secondary N) is 1. The molecule has 0 fully saturated rings. The van der Waals surface area contributed by atoms with Gasteiger partial charge in [-0.05, 0) is 26.3 Å². The zero-order valence-corrected chi connectivity index (χ0v) is 9.32. The third kappa shape index (κ3) is 3.42. The van der Waals surface area contributed by atoms with E-state index in [1.807, 2.05) is 0 Å². The van der Waals surface area contributed by atoms with E-state index in [1.165, 1.54) is 6.26 Å². The van der Waals surface area contributed by atoms with Gasteiger partial charge in [0.15, 0.2) is 0 Å². The third-order valence-corrected chi connectivity index (χ3v) is 2.27. The molecular weight excluding hydrogens is 210 g/mol. The fourth-order valence-corrected chi connectivity index (χ4v) is 1.33. The largest absolute Gasteiger partial charge is 0.481 e. The van der Waals surface area contributed by atoms with Gasteiger partial charge in [-0.2, -0.15) is 0 Å². The SMILES string of the molecule is Cc1occc1C(=O)N[C@@H](C)CCC(=O)O. The van der Waals surface area contributed by atoms with Gasteiger partial charge in [0.1, 0.15) is 5.76 Å². The number of carbonyl (C=O) groups excluding carboxylic acids is 1. The summed E-state index contributed by atoms with van der Waals surface area (Å²) in [7, 11) is 0. The molecule has 1 aromatic heterocycles. The molecule has 0 aliphatic rings. The van der Waals surface area contributed by atoms with Gasteiger partial charge in [-0.3, -0.25) is 9.59 Å². The second kappa shape index (κ2) is 5.34. The van der Waals surface area contributed by atoms with Crippen LogP contribution in [0.25, 0.3) is 0 Å². The van der Waals surface area contributed by atoms with E-state index in [0.717, 1.165) is 0 Å². The van der Waals surface area contributed by atoms with Crippen molar-refractivity contribution in [3.63, 3.8) is 0 Å². The summed E-state index contributed by atoms with van der Waals surface area (Å²) in [4.78, 5) is 22.0. The van der Waals surface area contributed by atoms with E-state index < -0.39 is 5.97 Å². The van der Waals surface area contributed by atoms with E-state index in [-0.39, 0.29) is 18.4 Å². The van der Waals surface area contributed by atoms with Gasteiger partial charge >= 0.3 is 5.97 Å². The number of hydrogen-bond acceptors (Lipinski definition) is 3. The average molecular weight is 225 g/mol. The van der Waals surface area contributed by atoms with Gasteiger partial charge in [-0.25, -0.2) is 0 Å². The van der Waals surface area contributed by atoms with E-state index in [9.17, 15) is 9.59 Å². The van der Waals surface area contributed by atoms with Crippen LogP contribution in [0.1, 0.15) is 35.9 Å². The molecular formula is C11H15NO4. The summed E-state index contributed by atoms with van der Waals surface area (Å²) in [5.41, 5.74) is 0.488. The molecule has 0 unspecified atom stereocenters. The zero-order chi connectivity index (χ0) is 12.1. The smallest absolute Gasteiger partial charge is 0.303 e. The lowest BCUT2D eigenvalue weighted by molar-refractivity contribution is -0.137. The molecule has 1 aromatic rings. The third-order valence-electron chi connectivity index (χ3n) is 2.27. The zero-order valence-electron chi connectivity index (χ0n) is 9.32. The molecule has 5 heteroatoms. The van der Waals surface area contributed by atoms with Gasteiger partial charge in [0, 0.05) is 12.5 Å². The molecule has 1 atom stereocenters. The van der Waals surface area contributed by atoms with E-state index in [0.29, 0.717) is 17.7 Å². The minimum atomic E-state index is -0.861. The molecule has 0 aromatic carbocycles. The second-order valence-electron chi connectivity index (χ2n) is 3.70. The summed E-state index contributed by atoms with van der Waals surface area (Å²) < 4.78 is 5.01. The number of furan rings is 1. The predicted molar refractivity (Wildman–Crippen MR) is 57.2 cm³/mol. The molecule has 1 rings (SSSR count). The molecule has 16 heavy (non-hydrogen) atoms. The van der Waals surface area contributed by atoms with Crippen molar-refractivity contribution in [1.82, 2.24) is 5.32 Å². The molecule has 0 saturated carbocycles. The first-order valence-corrected chi connectivity index (χ1v) is 5.07. The van der Waals surface area contributed by atoms with Crippen molar-refractivity contribution in [2.45, 2.75) is 32.7 Å². The maximum Gasteiger partial charge on any atom is 0.303 e. The lowest BCUT2D eigenvalue weighted by Gasteiger charge is -2.11. The predicted octanol–water partition coefficient (Wildman–Crippen LogP) is 1.57. The van der Waals surface area contributed by atoms with Crippen LogP contribution in [0.5, 0.6) is 0 Å². The van der Waals surface area contributed by atoms with Gasteiger partial charge in [0.25, 0.3) is 5.91 Å². The van der Waals surface area contributed by atoms with Gasteiger partial charge < -0.3 is 14.8 Å². The Balaban J connectivity index is 2.46. The van der Waals surface area contributed by atoms with Crippen LogP contribution in [-0.2, 0) is 4.79 Å². The first-order valence-electron chi connectivity index (χ1n) is 5.07. The van der Waals surface area contributed by atoms with Gasteiger partial charge in [0.2, 0.25) is 0 Å². The van der Waals surface area contributed by atoms with Crippen molar-refractivity contribution >= 4 is 11.9 Å². The van der Waals surface area contributed by atoms with Gasteiger partial charge in [0.05, 0.1) is 11.8 Å². The lowest BCUT2D eigenvalue weighted by atomic mass is 10.1. The van der Waals surface area contributed by atoms with Crippen LogP contribution < -0.4 is 5.32 Å². The maximum absolute atomic E-state index is 11.7. The fraction of sp³-hybridized carbons (Fsp3) is 0.455. The Hall–Kier alpha value is -1.78. The number of aryl methyl sites for hydroxylation is 1. The number of carboxylic acids is 1. The van der Waals surface area contributed by atoms with Gasteiger partial charge in [-0.1, -0.05) is 0 Å². The Morgan fingerprint density at radius 2 is 2.25 bits per heavy atom. The maximum atomic E-state index is 11.7. The van der Waals surface area contributed by atoms with Crippen molar-refractivity contribution in [2.75, 3.05) is 0 Å². The van der Waals surface area contributed by atoms with E-state index in [4.69, 9.17) is 9.52 Å². The highest BCUT2D eigenvalue weighted by atomic mass is 16.4. The normalized spacial score (nSPS) is 12.1. The van der Waals surface area contributed by atoms with Crippen LogP contribution >= 0.6 is 0 Å². The van der Waals surface area contributed by atoms with Crippen LogP contribution in [0.15, 0.2) is 16.7 Å². The fourth-order valence-electron chi connectivity index (χ4n) is 1.33. The summed E-state index contributed by atoms with van der Waals surface area (Å²) in [5.74, 6) is -0.535. The molecule has 0 bridgehead atoms. The minimum Gasteiger partial charge on any atom is -0.481 e. The molecule has 88 valence electrons. The van der Waals surface area contributed by atoms with E-state index in [1.54, 1.807) is 19.9 Å². The van der Waals surface area contributed by atoms with E-state index >= 15 is 0 Å². The summed E-state index contributed by atoms with van der Waals surface area (Å²) in [6.45, 7) is 3.48. The molecule has 0 spiro atoms. The Morgan fingerprint density at radius 1 is 1.56 bits per heavy atom. The molecule has 1 heterocycles. The minimum absolute atomic E-state index is 0.0474. The quantitative estimate of drug-likeness (QED) is 0.797. The number of hydrogen-bond donors (Lipinski definition) is 2. The Morgan fingerprint density at radius 3 is 2.75 bits per heavy atom. The van der Waals surface area contributed by atoms with Crippen LogP contribution in [0.4, 0.5) is 0 Å². The molecule has 0 radical (unpaired) electrons. The molecule has 5 nitrogen and oxygen atoms in total. The molecule has 1 amide bonds. The highest BCUT2D eigenvalue weighted by Gasteiger charge is 2.14. The Bertz CT molecular complexity index is 383. The van der Waals surface area contributed by atoms with Crippen molar-refractivity contribution in [3.05, 3.63) is 23.7 Å². The summed E-state index contributed by atoms with van der Waals surface area (Å²) in [6.07, 6.45) is 1.91. The number of carboxylic acid groups (broad SMARTS) is 1. The number of carbonyl (C=O) groups is 2. The molecule has 0 saturated heterocycles.